The smallest absolute Gasteiger partial charge is 0.130 e. The Morgan fingerprint density at radius 2 is 2.43 bits per heavy atom. The van der Waals surface area contributed by atoms with Crippen LogP contribution in [0, 0.1) is 11.3 Å². The van der Waals surface area contributed by atoms with E-state index in [-0.39, 0.29) is 12.6 Å². The van der Waals surface area contributed by atoms with Crippen LogP contribution in [-0.2, 0) is 6.42 Å². The van der Waals surface area contributed by atoms with Crippen molar-refractivity contribution in [3.05, 3.63) is 21.9 Å². The lowest BCUT2D eigenvalue weighted by Gasteiger charge is -2.07. The highest BCUT2D eigenvalue weighted by Crippen LogP contribution is 2.23. The van der Waals surface area contributed by atoms with Crippen molar-refractivity contribution in [3.8, 4) is 6.07 Å². The third kappa shape index (κ3) is 2.81. The summed E-state index contributed by atoms with van der Waals surface area (Å²) < 4.78 is 0. The number of aliphatic hydroxyl groups is 1. The number of aliphatic hydroxyl groups excluding tert-OH is 1. The Morgan fingerprint density at radius 1 is 1.64 bits per heavy atom. The molecule has 0 spiro atoms. The molecule has 0 saturated heterocycles. The second-order valence-corrected chi connectivity index (χ2v) is 4.10. The summed E-state index contributed by atoms with van der Waals surface area (Å²) in [6.07, 6.45) is 1.00. The van der Waals surface area contributed by atoms with Gasteiger partial charge in [-0.2, -0.15) is 5.26 Å². The third-order valence-electron chi connectivity index (χ3n) is 1.90. The largest absolute Gasteiger partial charge is 0.395 e. The Hall–Kier alpha value is -0.890. The van der Waals surface area contributed by atoms with E-state index in [4.69, 9.17) is 10.4 Å². The van der Waals surface area contributed by atoms with Gasteiger partial charge in [0.05, 0.1) is 12.7 Å². The molecule has 1 atom stereocenters. The second kappa shape index (κ2) is 5.76. The van der Waals surface area contributed by atoms with Crippen molar-refractivity contribution in [1.29, 1.82) is 5.26 Å². The standard InChI is InChI=1S/C10H14N2OS/c1-2-8-3-4-10(14-8)9(7-11)12-5-6-13/h3-4,9,12-13H,2,5-6H2,1H3. The summed E-state index contributed by atoms with van der Waals surface area (Å²) >= 11 is 1.65. The van der Waals surface area contributed by atoms with Gasteiger partial charge in [-0.05, 0) is 18.6 Å². The van der Waals surface area contributed by atoms with E-state index in [1.54, 1.807) is 11.3 Å². The molecule has 76 valence electrons. The molecule has 1 rings (SSSR count). The normalized spacial score (nSPS) is 12.4. The first-order valence-corrected chi connectivity index (χ1v) is 5.46. The first kappa shape index (κ1) is 11.2. The fraction of sp³-hybridized carbons (Fsp3) is 0.500. The highest BCUT2D eigenvalue weighted by Gasteiger charge is 2.11. The van der Waals surface area contributed by atoms with Gasteiger partial charge in [-0.1, -0.05) is 6.92 Å². The molecule has 14 heavy (non-hydrogen) atoms. The maximum atomic E-state index is 8.90. The van der Waals surface area contributed by atoms with Crippen molar-refractivity contribution in [3.63, 3.8) is 0 Å². The molecule has 3 nitrogen and oxygen atoms in total. The molecule has 0 amide bonds. The van der Waals surface area contributed by atoms with Crippen molar-refractivity contribution in [2.45, 2.75) is 19.4 Å². The molecule has 0 aliphatic heterocycles. The SMILES string of the molecule is CCc1ccc(C(C#N)NCCO)s1. The molecule has 1 unspecified atom stereocenters. The minimum Gasteiger partial charge on any atom is -0.395 e. The Kier molecular flexibility index (Phi) is 4.60. The highest BCUT2D eigenvalue weighted by molar-refractivity contribution is 7.12. The summed E-state index contributed by atoms with van der Waals surface area (Å²) in [6, 6.07) is 5.91. The average molecular weight is 210 g/mol. The van der Waals surface area contributed by atoms with Crippen molar-refractivity contribution < 1.29 is 5.11 Å². The highest BCUT2D eigenvalue weighted by atomic mass is 32.1. The zero-order valence-corrected chi connectivity index (χ0v) is 8.97. The lowest BCUT2D eigenvalue weighted by atomic mass is 10.2. The summed E-state index contributed by atoms with van der Waals surface area (Å²) in [6.45, 7) is 2.61. The van der Waals surface area contributed by atoms with E-state index in [1.165, 1.54) is 4.88 Å². The molecule has 0 bridgehead atoms. The lowest BCUT2D eigenvalue weighted by molar-refractivity contribution is 0.289. The minimum absolute atomic E-state index is 0.0597. The van der Waals surface area contributed by atoms with Gasteiger partial charge < -0.3 is 5.11 Å². The Balaban J connectivity index is 2.65. The van der Waals surface area contributed by atoms with E-state index in [0.29, 0.717) is 6.54 Å². The monoisotopic (exact) mass is 210 g/mol. The number of hydrogen-bond donors (Lipinski definition) is 2. The molecule has 4 heteroatoms. The van der Waals surface area contributed by atoms with Gasteiger partial charge in [0.25, 0.3) is 0 Å². The lowest BCUT2D eigenvalue weighted by Crippen LogP contribution is -2.22. The molecule has 0 aliphatic carbocycles. The van der Waals surface area contributed by atoms with E-state index in [2.05, 4.69) is 18.3 Å². The summed E-state index contributed by atoms with van der Waals surface area (Å²) in [4.78, 5) is 2.31. The molecular weight excluding hydrogens is 196 g/mol. The fourth-order valence-corrected chi connectivity index (χ4v) is 2.13. The van der Waals surface area contributed by atoms with Crippen LogP contribution in [0.15, 0.2) is 12.1 Å². The fourth-order valence-electron chi connectivity index (χ4n) is 1.16. The third-order valence-corrected chi connectivity index (χ3v) is 3.20. The van der Waals surface area contributed by atoms with Gasteiger partial charge in [0, 0.05) is 16.3 Å². The Bertz CT molecular complexity index is 316. The van der Waals surface area contributed by atoms with Crippen molar-refractivity contribution in [2.24, 2.45) is 0 Å². The number of thiophene rings is 1. The van der Waals surface area contributed by atoms with Crippen LogP contribution >= 0.6 is 11.3 Å². The maximum absolute atomic E-state index is 8.90. The van der Waals surface area contributed by atoms with Gasteiger partial charge in [0.15, 0.2) is 0 Å². The predicted molar refractivity (Wildman–Crippen MR) is 57.1 cm³/mol. The van der Waals surface area contributed by atoms with E-state index in [0.717, 1.165) is 11.3 Å². The molecule has 0 fully saturated rings. The predicted octanol–water partition coefficient (Wildman–Crippen LogP) is 1.46. The molecule has 1 aromatic heterocycles. The van der Waals surface area contributed by atoms with Crippen LogP contribution in [0.1, 0.15) is 22.7 Å². The van der Waals surface area contributed by atoms with E-state index in [1.807, 2.05) is 12.1 Å². The average Bonchev–Trinajstić information content (AvgIpc) is 2.68. The molecule has 0 aliphatic rings. The quantitative estimate of drug-likeness (QED) is 0.773. The summed E-state index contributed by atoms with van der Waals surface area (Å²) in [5.41, 5.74) is 0. The molecule has 1 aromatic rings. The molecule has 0 radical (unpaired) electrons. The van der Waals surface area contributed by atoms with Crippen molar-refractivity contribution in [1.82, 2.24) is 5.32 Å². The topological polar surface area (TPSA) is 56.0 Å². The maximum Gasteiger partial charge on any atom is 0.130 e. The Labute approximate surface area is 88.0 Å². The van der Waals surface area contributed by atoms with Gasteiger partial charge in [0.1, 0.15) is 6.04 Å². The molecular formula is C10H14N2OS. The summed E-state index contributed by atoms with van der Waals surface area (Å²) in [7, 11) is 0. The van der Waals surface area contributed by atoms with Crippen LogP contribution in [-0.4, -0.2) is 18.3 Å². The van der Waals surface area contributed by atoms with Gasteiger partial charge >= 0.3 is 0 Å². The van der Waals surface area contributed by atoms with Crippen LogP contribution < -0.4 is 5.32 Å². The summed E-state index contributed by atoms with van der Waals surface area (Å²) in [5, 5.41) is 20.5. The van der Waals surface area contributed by atoms with Crippen molar-refractivity contribution in [2.75, 3.05) is 13.2 Å². The number of nitrogens with one attached hydrogen (secondary N) is 1. The van der Waals surface area contributed by atoms with Crippen LogP contribution in [0.4, 0.5) is 0 Å². The molecule has 2 N–H and O–H groups in total. The number of rotatable bonds is 5. The zero-order valence-electron chi connectivity index (χ0n) is 8.16. The zero-order chi connectivity index (χ0) is 10.4. The van der Waals surface area contributed by atoms with Gasteiger partial charge in [-0.3, -0.25) is 5.32 Å². The van der Waals surface area contributed by atoms with Crippen LogP contribution in [0.2, 0.25) is 0 Å². The molecule has 0 aromatic carbocycles. The summed E-state index contributed by atoms with van der Waals surface area (Å²) in [5.74, 6) is 0. The number of nitrogens with zero attached hydrogens (tertiary/aromatic N) is 1. The minimum atomic E-state index is -0.285. The number of aryl methyl sites for hydroxylation is 1. The first-order chi connectivity index (χ1) is 6.81. The number of hydrogen-bond acceptors (Lipinski definition) is 4. The van der Waals surface area contributed by atoms with Gasteiger partial charge in [-0.25, -0.2) is 0 Å². The van der Waals surface area contributed by atoms with Crippen LogP contribution in [0.5, 0.6) is 0 Å². The second-order valence-electron chi connectivity index (χ2n) is 2.90. The molecule has 1 heterocycles. The van der Waals surface area contributed by atoms with E-state index in [9.17, 15) is 0 Å². The van der Waals surface area contributed by atoms with Gasteiger partial charge in [-0.15, -0.1) is 11.3 Å². The van der Waals surface area contributed by atoms with Gasteiger partial charge in [0.2, 0.25) is 0 Å². The Morgan fingerprint density at radius 3 is 2.93 bits per heavy atom. The van der Waals surface area contributed by atoms with E-state index >= 15 is 0 Å². The van der Waals surface area contributed by atoms with Crippen molar-refractivity contribution >= 4 is 11.3 Å². The molecule has 0 saturated carbocycles. The first-order valence-electron chi connectivity index (χ1n) is 4.64. The van der Waals surface area contributed by atoms with Crippen LogP contribution in [0.25, 0.3) is 0 Å². The van der Waals surface area contributed by atoms with E-state index < -0.39 is 0 Å². The van der Waals surface area contributed by atoms with Crippen LogP contribution in [0.3, 0.4) is 0 Å². The number of nitriles is 1.